The van der Waals surface area contributed by atoms with Crippen LogP contribution < -0.4 is 20.7 Å². The van der Waals surface area contributed by atoms with Gasteiger partial charge in [0, 0.05) is 48.8 Å². The number of hydrogen-bond acceptors (Lipinski definition) is 5. The molecule has 0 spiro atoms. The molecule has 3 aromatic heterocycles. The third-order valence-electron chi connectivity index (χ3n) is 6.23. The van der Waals surface area contributed by atoms with Crippen molar-refractivity contribution in [1.82, 2.24) is 19.9 Å². The number of nitrogens with zero attached hydrogens (tertiary/aromatic N) is 3. The molecule has 3 amide bonds. The topological polar surface area (TPSA) is 110 Å². The monoisotopic (exact) mass is 538 g/mol. The zero-order chi connectivity index (χ0) is 28.2. The fraction of sp³-hybridized carbons (Fsp3) is 0.133. The van der Waals surface area contributed by atoms with E-state index in [4.69, 9.17) is 4.74 Å². The molecular weight excluding hydrogens is 511 g/mol. The largest absolute Gasteiger partial charge is 0.457 e. The third kappa shape index (κ3) is 5.75. The number of hydrogen-bond donors (Lipinski definition) is 3. The summed E-state index contributed by atoms with van der Waals surface area (Å²) < 4.78 is 22.5. The van der Waals surface area contributed by atoms with E-state index in [1.165, 1.54) is 31.4 Å². The second-order valence-electron chi connectivity index (χ2n) is 9.34. The zero-order valence-electron chi connectivity index (χ0n) is 22.1. The molecule has 0 atom stereocenters. The first kappa shape index (κ1) is 26.4. The molecule has 0 fully saturated rings. The highest BCUT2D eigenvalue weighted by molar-refractivity contribution is 5.99. The van der Waals surface area contributed by atoms with Crippen LogP contribution in [0.3, 0.4) is 0 Å². The Labute approximate surface area is 230 Å². The molecular formula is C30H27FN6O3. The normalized spacial score (nSPS) is 10.9. The highest BCUT2D eigenvalue weighted by Gasteiger charge is 2.15. The summed E-state index contributed by atoms with van der Waals surface area (Å²) >= 11 is 0. The van der Waals surface area contributed by atoms with E-state index < -0.39 is 11.8 Å². The molecule has 0 radical (unpaired) electrons. The van der Waals surface area contributed by atoms with Crippen LogP contribution in [0.2, 0.25) is 0 Å². The molecule has 0 aliphatic heterocycles. The van der Waals surface area contributed by atoms with E-state index in [0.29, 0.717) is 11.6 Å². The Kier molecular flexibility index (Phi) is 7.41. The molecule has 0 unspecified atom stereocenters. The third-order valence-corrected chi connectivity index (χ3v) is 6.23. The van der Waals surface area contributed by atoms with Gasteiger partial charge >= 0.3 is 6.03 Å². The van der Waals surface area contributed by atoms with Gasteiger partial charge in [-0.3, -0.25) is 20.1 Å². The Hall–Kier alpha value is -5.25. The minimum absolute atomic E-state index is 0.0235. The number of rotatable bonds is 7. The number of nitrogens with one attached hydrogen (secondary N) is 3. The summed E-state index contributed by atoms with van der Waals surface area (Å²) in [4.78, 5) is 33.1. The first-order valence-electron chi connectivity index (χ1n) is 12.6. The van der Waals surface area contributed by atoms with Gasteiger partial charge in [-0.1, -0.05) is 19.9 Å². The average molecular weight is 539 g/mol. The molecule has 202 valence electrons. The van der Waals surface area contributed by atoms with Crippen molar-refractivity contribution in [2.45, 2.75) is 19.8 Å². The number of benzene rings is 2. The minimum atomic E-state index is -0.687. The highest BCUT2D eigenvalue weighted by Crippen LogP contribution is 2.28. The van der Waals surface area contributed by atoms with Crippen LogP contribution in [0.15, 0.2) is 85.3 Å². The number of anilines is 2. The number of carbonyl (C=O) groups excluding carboxylic acids is 2. The minimum Gasteiger partial charge on any atom is -0.457 e. The molecule has 5 rings (SSSR count). The standard InChI is InChI=1S/C30H27FN6O3/c1-18(2)20-14-28(37(17-20)21-6-8-25-19(13-21)5-4-11-33-25)36-30(39)35-26-9-7-22(15-24(26)31)40-23-10-12-34-27(16-23)29(38)32-3/h4-18H,1-3H3,(H,32,38)(H2,35,36,39). The van der Waals surface area contributed by atoms with Gasteiger partial charge in [-0.2, -0.15) is 0 Å². The Morgan fingerprint density at radius 2 is 1.75 bits per heavy atom. The van der Waals surface area contributed by atoms with Crippen LogP contribution in [0.1, 0.15) is 35.8 Å². The van der Waals surface area contributed by atoms with E-state index in [1.807, 2.05) is 47.2 Å². The molecule has 0 saturated heterocycles. The Morgan fingerprint density at radius 3 is 2.52 bits per heavy atom. The van der Waals surface area contributed by atoms with E-state index in [-0.39, 0.29) is 29.0 Å². The van der Waals surface area contributed by atoms with Gasteiger partial charge in [0.1, 0.15) is 28.8 Å². The molecule has 5 aromatic rings. The number of fused-ring (bicyclic) bond motifs is 1. The Balaban J connectivity index is 1.33. The van der Waals surface area contributed by atoms with Crippen molar-refractivity contribution in [3.05, 3.63) is 102 Å². The number of urea groups is 1. The Bertz CT molecular complexity index is 1720. The number of aromatic nitrogens is 3. The van der Waals surface area contributed by atoms with Crippen molar-refractivity contribution < 1.29 is 18.7 Å². The summed E-state index contributed by atoms with van der Waals surface area (Å²) in [6.07, 6.45) is 5.14. The SMILES string of the molecule is CNC(=O)c1cc(Oc2ccc(NC(=O)Nc3cc(C(C)C)cn3-c3ccc4ncccc4c3)c(F)c2)ccn1. The van der Waals surface area contributed by atoms with Crippen LogP contribution in [0, 0.1) is 5.82 Å². The van der Waals surface area contributed by atoms with Gasteiger partial charge in [-0.15, -0.1) is 0 Å². The zero-order valence-corrected chi connectivity index (χ0v) is 22.1. The van der Waals surface area contributed by atoms with Crippen molar-refractivity contribution in [2.75, 3.05) is 17.7 Å². The van der Waals surface area contributed by atoms with Crippen molar-refractivity contribution in [1.29, 1.82) is 0 Å². The second-order valence-corrected chi connectivity index (χ2v) is 9.34. The lowest BCUT2D eigenvalue weighted by molar-refractivity contribution is 0.0957. The molecule has 10 heteroatoms. The number of amides is 3. The molecule has 2 aromatic carbocycles. The van der Waals surface area contributed by atoms with Crippen LogP contribution in [0.5, 0.6) is 11.5 Å². The molecule has 3 N–H and O–H groups in total. The van der Waals surface area contributed by atoms with Crippen LogP contribution in [0.25, 0.3) is 16.6 Å². The molecule has 0 aliphatic rings. The van der Waals surface area contributed by atoms with Gasteiger partial charge < -0.3 is 19.9 Å². The highest BCUT2D eigenvalue weighted by atomic mass is 19.1. The first-order valence-corrected chi connectivity index (χ1v) is 12.6. The number of ether oxygens (including phenoxy) is 1. The summed E-state index contributed by atoms with van der Waals surface area (Å²) in [7, 11) is 1.50. The molecule has 0 bridgehead atoms. The quantitative estimate of drug-likeness (QED) is 0.220. The summed E-state index contributed by atoms with van der Waals surface area (Å²) in [5.74, 6) is 0.218. The average Bonchev–Trinajstić information content (AvgIpc) is 3.38. The van der Waals surface area contributed by atoms with Gasteiger partial charge in [-0.25, -0.2) is 9.18 Å². The van der Waals surface area contributed by atoms with Gasteiger partial charge in [-0.05, 0) is 60.0 Å². The molecule has 40 heavy (non-hydrogen) atoms. The van der Waals surface area contributed by atoms with Crippen molar-refractivity contribution in [2.24, 2.45) is 0 Å². The maximum Gasteiger partial charge on any atom is 0.324 e. The van der Waals surface area contributed by atoms with Crippen molar-refractivity contribution >= 4 is 34.3 Å². The molecule has 9 nitrogen and oxygen atoms in total. The van der Waals surface area contributed by atoms with E-state index >= 15 is 0 Å². The number of carbonyl (C=O) groups is 2. The van der Waals surface area contributed by atoms with Crippen molar-refractivity contribution in [3.8, 4) is 17.2 Å². The Morgan fingerprint density at radius 1 is 0.925 bits per heavy atom. The predicted octanol–water partition coefficient (Wildman–Crippen LogP) is 6.48. The fourth-order valence-corrected chi connectivity index (χ4v) is 4.12. The molecule has 3 heterocycles. The summed E-state index contributed by atoms with van der Waals surface area (Å²) in [6, 6.07) is 18.1. The maximum atomic E-state index is 14.9. The van der Waals surface area contributed by atoms with E-state index in [9.17, 15) is 14.0 Å². The van der Waals surface area contributed by atoms with Gasteiger partial charge in [0.25, 0.3) is 5.91 Å². The van der Waals surface area contributed by atoms with E-state index in [1.54, 1.807) is 12.3 Å². The van der Waals surface area contributed by atoms with E-state index in [2.05, 4.69) is 39.8 Å². The van der Waals surface area contributed by atoms with Crippen molar-refractivity contribution in [3.63, 3.8) is 0 Å². The van der Waals surface area contributed by atoms with Gasteiger partial charge in [0.15, 0.2) is 0 Å². The molecule has 0 saturated carbocycles. The van der Waals surface area contributed by atoms with E-state index in [0.717, 1.165) is 28.2 Å². The summed E-state index contributed by atoms with van der Waals surface area (Å²) in [5.41, 5.74) is 2.90. The second kappa shape index (κ2) is 11.2. The summed E-state index contributed by atoms with van der Waals surface area (Å²) in [6.45, 7) is 4.14. The van der Waals surface area contributed by atoms with Crippen LogP contribution in [-0.4, -0.2) is 33.5 Å². The number of halogens is 1. The lowest BCUT2D eigenvalue weighted by Gasteiger charge is -2.13. The lowest BCUT2D eigenvalue weighted by atomic mass is 10.1. The van der Waals surface area contributed by atoms with Gasteiger partial charge in [0.05, 0.1) is 11.2 Å². The predicted molar refractivity (Wildman–Crippen MR) is 152 cm³/mol. The smallest absolute Gasteiger partial charge is 0.324 e. The maximum absolute atomic E-state index is 14.9. The lowest BCUT2D eigenvalue weighted by Crippen LogP contribution is -2.21. The van der Waals surface area contributed by atoms with Crippen LogP contribution in [-0.2, 0) is 0 Å². The summed E-state index contributed by atoms with van der Waals surface area (Å²) in [5, 5.41) is 8.85. The van der Waals surface area contributed by atoms with Crippen LogP contribution >= 0.6 is 0 Å². The fourth-order valence-electron chi connectivity index (χ4n) is 4.12. The van der Waals surface area contributed by atoms with Gasteiger partial charge in [0.2, 0.25) is 0 Å². The molecule has 0 aliphatic carbocycles. The van der Waals surface area contributed by atoms with Crippen LogP contribution in [0.4, 0.5) is 20.7 Å². The number of pyridine rings is 2. The first-order chi connectivity index (χ1) is 19.3.